The van der Waals surface area contributed by atoms with E-state index in [-0.39, 0.29) is 28.5 Å². The molecule has 0 radical (unpaired) electrons. The summed E-state index contributed by atoms with van der Waals surface area (Å²) in [5.74, 6) is -1.10. The number of anilines is 1. The molecule has 2 aromatic carbocycles. The number of guanidine groups is 1. The van der Waals surface area contributed by atoms with Crippen LogP contribution in [-0.4, -0.2) is 41.3 Å². The number of nitrogens with zero attached hydrogens (tertiary/aromatic N) is 2. The Hall–Kier alpha value is -3.30. The topological polar surface area (TPSA) is 91.4 Å². The maximum atomic E-state index is 13.7. The van der Waals surface area contributed by atoms with E-state index >= 15 is 0 Å². The van der Waals surface area contributed by atoms with Gasteiger partial charge in [0.05, 0.1) is 16.8 Å². The standard InChI is InChI=1S/C21H18ClF2N5O2/c22-16-6-3-13(9-17(16)24)20(30)27-21(25-11-15-7-8-31-15)26-19-10-18(28-29-19)12-1-4-14(23)5-2-12/h1-6,9-10,15H,7-8,11H2,(H3,25,26,27,28,29,30). The normalized spacial score (nSPS) is 16.0. The lowest BCUT2D eigenvalue weighted by Crippen LogP contribution is -2.42. The monoisotopic (exact) mass is 445 g/mol. The van der Waals surface area contributed by atoms with Crippen molar-refractivity contribution >= 4 is 29.3 Å². The van der Waals surface area contributed by atoms with Crippen molar-refractivity contribution in [3.8, 4) is 11.3 Å². The molecule has 1 saturated heterocycles. The van der Waals surface area contributed by atoms with E-state index in [1.165, 1.54) is 24.3 Å². The zero-order chi connectivity index (χ0) is 21.8. The van der Waals surface area contributed by atoms with Crippen molar-refractivity contribution in [1.29, 1.82) is 0 Å². The van der Waals surface area contributed by atoms with Crippen molar-refractivity contribution in [3.63, 3.8) is 0 Å². The summed E-state index contributed by atoms with van der Waals surface area (Å²) < 4.78 is 32.2. The Bertz CT molecular complexity index is 1110. The van der Waals surface area contributed by atoms with Crippen LogP contribution in [-0.2, 0) is 4.74 Å². The number of aromatic amines is 1. The van der Waals surface area contributed by atoms with Gasteiger partial charge in [0.15, 0.2) is 0 Å². The molecule has 1 atom stereocenters. The maximum absolute atomic E-state index is 13.7. The first-order valence-electron chi connectivity index (χ1n) is 9.50. The van der Waals surface area contributed by atoms with E-state index in [4.69, 9.17) is 16.3 Å². The van der Waals surface area contributed by atoms with Crippen LogP contribution in [0.4, 0.5) is 14.6 Å². The molecule has 1 amide bonds. The Balaban J connectivity index is 1.53. The molecule has 0 spiro atoms. The lowest BCUT2D eigenvalue weighted by Gasteiger charge is -2.27. The van der Waals surface area contributed by atoms with Gasteiger partial charge in [-0.05, 0) is 48.9 Å². The first-order valence-corrected chi connectivity index (χ1v) is 9.87. The lowest BCUT2D eigenvalue weighted by molar-refractivity contribution is -0.0460. The number of rotatable bonds is 5. The smallest absolute Gasteiger partial charge is 0.280 e. The Morgan fingerprint density at radius 3 is 2.68 bits per heavy atom. The Morgan fingerprint density at radius 2 is 2.00 bits per heavy atom. The number of halogens is 3. The van der Waals surface area contributed by atoms with Crippen molar-refractivity contribution in [2.45, 2.75) is 12.5 Å². The minimum atomic E-state index is -0.703. The molecule has 1 fully saturated rings. The van der Waals surface area contributed by atoms with Crippen LogP contribution in [0.25, 0.3) is 11.3 Å². The van der Waals surface area contributed by atoms with Gasteiger partial charge in [-0.1, -0.05) is 11.6 Å². The van der Waals surface area contributed by atoms with Crippen LogP contribution in [0.5, 0.6) is 0 Å². The van der Waals surface area contributed by atoms with E-state index < -0.39 is 11.7 Å². The largest absolute Gasteiger partial charge is 0.376 e. The van der Waals surface area contributed by atoms with E-state index in [0.29, 0.717) is 30.2 Å². The van der Waals surface area contributed by atoms with Crippen LogP contribution in [0.3, 0.4) is 0 Å². The number of hydrogen-bond donors (Lipinski definition) is 3. The van der Waals surface area contributed by atoms with Gasteiger partial charge in [0.2, 0.25) is 5.96 Å². The van der Waals surface area contributed by atoms with Crippen LogP contribution in [0.15, 0.2) is 53.5 Å². The Morgan fingerprint density at radius 1 is 1.23 bits per heavy atom. The summed E-state index contributed by atoms with van der Waals surface area (Å²) in [7, 11) is 0. The van der Waals surface area contributed by atoms with Crippen LogP contribution < -0.4 is 10.6 Å². The van der Waals surface area contributed by atoms with Crippen molar-refractivity contribution in [1.82, 2.24) is 15.5 Å². The fourth-order valence-electron chi connectivity index (χ4n) is 2.84. The van der Waals surface area contributed by atoms with Gasteiger partial charge < -0.3 is 15.4 Å². The molecule has 31 heavy (non-hydrogen) atoms. The first kappa shape index (κ1) is 21.0. The van der Waals surface area contributed by atoms with E-state index in [0.717, 1.165) is 12.5 Å². The molecular weight excluding hydrogens is 428 g/mol. The van der Waals surface area contributed by atoms with E-state index in [2.05, 4.69) is 25.8 Å². The van der Waals surface area contributed by atoms with Crippen LogP contribution in [0.1, 0.15) is 16.8 Å². The average Bonchev–Trinajstić information content (AvgIpc) is 3.17. The molecule has 3 N–H and O–H groups in total. The highest BCUT2D eigenvalue weighted by molar-refractivity contribution is 6.30. The molecule has 160 valence electrons. The number of amides is 1. The number of H-pyrrole nitrogens is 1. The molecule has 0 saturated carbocycles. The molecule has 10 heteroatoms. The molecule has 4 rings (SSSR count). The second-order valence-electron chi connectivity index (χ2n) is 6.86. The van der Waals surface area contributed by atoms with Gasteiger partial charge in [-0.25, -0.2) is 8.78 Å². The molecule has 7 nitrogen and oxygen atoms in total. The lowest BCUT2D eigenvalue weighted by atomic mass is 10.1. The fourth-order valence-corrected chi connectivity index (χ4v) is 2.96. The predicted octanol–water partition coefficient (Wildman–Crippen LogP) is 4.00. The van der Waals surface area contributed by atoms with Crippen LogP contribution >= 0.6 is 11.6 Å². The summed E-state index contributed by atoms with van der Waals surface area (Å²) in [4.78, 5) is 16.6. The number of ether oxygens (including phenoxy) is 1. The van der Waals surface area contributed by atoms with Crippen molar-refractivity contribution < 1.29 is 18.3 Å². The SMILES string of the molecule is O=C(/N=C(/NCC1CCO1)Nc1cc(-c2ccc(F)cc2)n[nH]1)c1ccc(Cl)c(F)c1. The molecule has 1 aromatic heterocycles. The van der Waals surface area contributed by atoms with Crippen molar-refractivity contribution in [3.05, 3.63) is 70.8 Å². The van der Waals surface area contributed by atoms with Gasteiger partial charge in [-0.2, -0.15) is 10.1 Å². The van der Waals surface area contributed by atoms with Crippen LogP contribution in [0.2, 0.25) is 5.02 Å². The molecule has 2 heterocycles. The molecular formula is C21H18ClF2N5O2. The van der Waals surface area contributed by atoms with Gasteiger partial charge in [-0.15, -0.1) is 0 Å². The number of nitrogens with one attached hydrogen (secondary N) is 3. The van der Waals surface area contributed by atoms with Gasteiger partial charge in [0.25, 0.3) is 5.91 Å². The minimum absolute atomic E-state index is 0.0200. The van der Waals surface area contributed by atoms with Crippen molar-refractivity contribution in [2.75, 3.05) is 18.5 Å². The number of aliphatic imine (C=N–C) groups is 1. The summed E-state index contributed by atoms with van der Waals surface area (Å²) in [6.45, 7) is 1.13. The van der Waals surface area contributed by atoms with Crippen molar-refractivity contribution in [2.24, 2.45) is 4.99 Å². The van der Waals surface area contributed by atoms with Gasteiger partial charge in [0.1, 0.15) is 17.5 Å². The number of carbonyl (C=O) groups excluding carboxylic acids is 1. The summed E-state index contributed by atoms with van der Waals surface area (Å²) in [5, 5.41) is 12.9. The number of carbonyl (C=O) groups is 1. The molecule has 3 aromatic rings. The van der Waals surface area contributed by atoms with Gasteiger partial charge in [0, 0.05) is 30.3 Å². The highest BCUT2D eigenvalue weighted by atomic mass is 35.5. The maximum Gasteiger partial charge on any atom is 0.280 e. The number of hydrogen-bond acceptors (Lipinski definition) is 3. The predicted molar refractivity (Wildman–Crippen MR) is 113 cm³/mol. The Kier molecular flexibility index (Phi) is 6.24. The van der Waals surface area contributed by atoms with Gasteiger partial charge in [-0.3, -0.25) is 9.89 Å². The first-order chi connectivity index (χ1) is 15.0. The Labute approximate surface area is 181 Å². The minimum Gasteiger partial charge on any atom is -0.376 e. The van der Waals surface area contributed by atoms with Gasteiger partial charge >= 0.3 is 0 Å². The fraction of sp³-hybridized carbons (Fsp3) is 0.190. The molecule has 0 bridgehead atoms. The van der Waals surface area contributed by atoms with Crippen LogP contribution in [0, 0.1) is 11.6 Å². The second-order valence-corrected chi connectivity index (χ2v) is 7.26. The summed E-state index contributed by atoms with van der Waals surface area (Å²) in [5.41, 5.74) is 1.35. The molecule has 1 aliphatic rings. The number of benzene rings is 2. The highest BCUT2D eigenvalue weighted by Gasteiger charge is 2.19. The molecule has 0 aliphatic carbocycles. The molecule has 1 unspecified atom stereocenters. The molecule has 1 aliphatic heterocycles. The summed E-state index contributed by atoms with van der Waals surface area (Å²) >= 11 is 5.67. The van der Waals surface area contributed by atoms with E-state index in [9.17, 15) is 13.6 Å². The summed E-state index contributed by atoms with van der Waals surface area (Å²) in [6, 6.07) is 11.3. The zero-order valence-corrected chi connectivity index (χ0v) is 16.9. The third kappa shape index (κ3) is 5.25. The quantitative estimate of drug-likeness (QED) is 0.408. The second kappa shape index (κ2) is 9.23. The average molecular weight is 446 g/mol. The van der Waals surface area contributed by atoms with E-state index in [1.807, 2.05) is 0 Å². The highest BCUT2D eigenvalue weighted by Crippen LogP contribution is 2.20. The zero-order valence-electron chi connectivity index (χ0n) is 16.2. The third-order valence-corrected chi connectivity index (χ3v) is 4.95. The third-order valence-electron chi connectivity index (χ3n) is 4.64. The summed E-state index contributed by atoms with van der Waals surface area (Å²) in [6.07, 6.45) is 0.918. The van der Waals surface area contributed by atoms with E-state index in [1.54, 1.807) is 18.2 Å². The number of aromatic nitrogens is 2.